The minimum Gasteiger partial charge on any atom is -0.508 e. The smallest absolute Gasteiger partial charge is 0.338 e. The van der Waals surface area contributed by atoms with Crippen molar-refractivity contribution < 1.29 is 49.0 Å². The van der Waals surface area contributed by atoms with Gasteiger partial charge < -0.3 is 39.4 Å². The quantitative estimate of drug-likeness (QED) is 0.330. The fourth-order valence-electron chi connectivity index (χ4n) is 3.79. The van der Waals surface area contributed by atoms with Crippen LogP contribution in [-0.4, -0.2) is 69.7 Å². The largest absolute Gasteiger partial charge is 0.508 e. The van der Waals surface area contributed by atoms with Gasteiger partial charge in [-0.05, 0) is 42.5 Å². The minimum absolute atomic E-state index is 0.0777. The van der Waals surface area contributed by atoms with Crippen LogP contribution in [0.15, 0.2) is 78.9 Å². The summed E-state index contributed by atoms with van der Waals surface area (Å²) >= 11 is 0. The van der Waals surface area contributed by atoms with E-state index in [1.807, 2.05) is 0 Å². The second-order valence-electron chi connectivity index (χ2n) is 8.29. The summed E-state index contributed by atoms with van der Waals surface area (Å²) < 4.78 is 22.2. The molecular weight excluding hydrogens is 484 g/mol. The lowest BCUT2D eigenvalue weighted by atomic mass is 9.98. The summed E-state index contributed by atoms with van der Waals surface area (Å²) in [6, 6.07) is 20.1. The lowest BCUT2D eigenvalue weighted by molar-refractivity contribution is -0.276. The Balaban J connectivity index is 1.55. The molecular formula is C27H26O10. The van der Waals surface area contributed by atoms with Crippen molar-refractivity contribution >= 4 is 11.9 Å². The van der Waals surface area contributed by atoms with Gasteiger partial charge in [0.1, 0.15) is 30.3 Å². The van der Waals surface area contributed by atoms with E-state index in [1.165, 1.54) is 30.3 Å². The molecule has 1 fully saturated rings. The van der Waals surface area contributed by atoms with Gasteiger partial charge in [-0.3, -0.25) is 0 Å². The number of benzene rings is 3. The number of phenolic OH excluding ortho intramolecular Hbond substituents is 1. The van der Waals surface area contributed by atoms with E-state index >= 15 is 0 Å². The molecule has 0 unspecified atom stereocenters. The zero-order valence-electron chi connectivity index (χ0n) is 19.5. The molecule has 0 bridgehead atoms. The molecule has 0 spiro atoms. The van der Waals surface area contributed by atoms with Crippen LogP contribution in [0.5, 0.6) is 11.5 Å². The van der Waals surface area contributed by atoms with Gasteiger partial charge in [0.15, 0.2) is 12.2 Å². The summed E-state index contributed by atoms with van der Waals surface area (Å²) in [6.07, 6.45) is -7.49. The third kappa shape index (κ3) is 6.25. The molecule has 5 atom stereocenters. The maximum Gasteiger partial charge on any atom is 0.338 e. The Morgan fingerprint density at radius 2 is 1.46 bits per heavy atom. The van der Waals surface area contributed by atoms with Gasteiger partial charge in [-0.15, -0.1) is 0 Å². The van der Waals surface area contributed by atoms with Crippen LogP contribution >= 0.6 is 0 Å². The van der Waals surface area contributed by atoms with Crippen LogP contribution < -0.4 is 4.74 Å². The Labute approximate surface area is 212 Å². The summed E-state index contributed by atoms with van der Waals surface area (Å²) in [5.74, 6) is -1.50. The maximum atomic E-state index is 12.7. The van der Waals surface area contributed by atoms with Crippen molar-refractivity contribution in [3.8, 4) is 11.5 Å². The minimum atomic E-state index is -1.66. The number of aliphatic hydroxyl groups excluding tert-OH is 3. The lowest BCUT2D eigenvalue weighted by Gasteiger charge is -2.41. The summed E-state index contributed by atoms with van der Waals surface area (Å²) in [7, 11) is 0. The van der Waals surface area contributed by atoms with E-state index in [0.29, 0.717) is 0 Å². The first-order valence-electron chi connectivity index (χ1n) is 11.5. The average Bonchev–Trinajstić information content (AvgIpc) is 2.93. The van der Waals surface area contributed by atoms with Crippen molar-refractivity contribution in [1.29, 1.82) is 0 Å². The Morgan fingerprint density at radius 1 is 0.838 bits per heavy atom. The van der Waals surface area contributed by atoms with Crippen molar-refractivity contribution in [3.63, 3.8) is 0 Å². The monoisotopic (exact) mass is 510 g/mol. The second kappa shape index (κ2) is 11.8. The van der Waals surface area contributed by atoms with Gasteiger partial charge in [0.05, 0.1) is 17.7 Å². The number of carbonyl (C=O) groups is 2. The van der Waals surface area contributed by atoms with Crippen LogP contribution in [0.25, 0.3) is 0 Å². The van der Waals surface area contributed by atoms with Crippen molar-refractivity contribution in [2.24, 2.45) is 0 Å². The number of aromatic hydroxyl groups is 1. The number of carbonyl (C=O) groups excluding carboxylic acids is 2. The third-order valence-corrected chi connectivity index (χ3v) is 5.74. The molecule has 37 heavy (non-hydrogen) atoms. The molecule has 0 saturated carbocycles. The normalized spacial score (nSPS) is 23.2. The zero-order chi connectivity index (χ0) is 26.4. The van der Waals surface area contributed by atoms with Gasteiger partial charge in [0, 0.05) is 5.56 Å². The predicted octanol–water partition coefficient (Wildman–Crippen LogP) is 1.79. The SMILES string of the molecule is O=C(OC[C@H]1O[C@@H](Oc2ccc(O)cc2CO)[C@H](O)[C@@H](OC(=O)c2ccccc2)[C@@H]1O)c1ccccc1. The molecule has 1 heterocycles. The van der Waals surface area contributed by atoms with Gasteiger partial charge in [0.2, 0.25) is 6.29 Å². The Bertz CT molecular complexity index is 1200. The van der Waals surface area contributed by atoms with Crippen LogP contribution in [0, 0.1) is 0 Å². The summed E-state index contributed by atoms with van der Waals surface area (Å²) in [5, 5.41) is 41.2. The number of phenols is 1. The van der Waals surface area contributed by atoms with E-state index in [1.54, 1.807) is 48.5 Å². The molecule has 4 rings (SSSR count). The molecule has 1 aliphatic heterocycles. The summed E-state index contributed by atoms with van der Waals surface area (Å²) in [4.78, 5) is 25.1. The van der Waals surface area contributed by atoms with Crippen LogP contribution in [0.3, 0.4) is 0 Å². The standard InChI is InChI=1S/C27H26O10/c28-14-18-13-19(29)11-12-20(18)35-27-23(31)24(37-26(33)17-9-5-2-6-10-17)22(30)21(36-27)15-34-25(32)16-7-3-1-4-8-16/h1-13,21-24,27-31H,14-15H2/t21-,22-,23-,24+,27-/m1/s1. The van der Waals surface area contributed by atoms with Gasteiger partial charge >= 0.3 is 11.9 Å². The third-order valence-electron chi connectivity index (χ3n) is 5.74. The number of rotatable bonds is 8. The number of hydrogen-bond acceptors (Lipinski definition) is 10. The molecule has 0 radical (unpaired) electrons. The Hall–Kier alpha value is -3.96. The van der Waals surface area contributed by atoms with E-state index in [0.717, 1.165) is 0 Å². The number of aliphatic hydroxyl groups is 3. The van der Waals surface area contributed by atoms with Crippen molar-refractivity contribution in [1.82, 2.24) is 0 Å². The highest BCUT2D eigenvalue weighted by Gasteiger charge is 2.48. The van der Waals surface area contributed by atoms with Crippen molar-refractivity contribution in [2.45, 2.75) is 37.3 Å². The molecule has 10 heteroatoms. The zero-order valence-corrected chi connectivity index (χ0v) is 19.5. The molecule has 194 valence electrons. The van der Waals surface area contributed by atoms with Crippen LogP contribution in [0.2, 0.25) is 0 Å². The van der Waals surface area contributed by atoms with Gasteiger partial charge in [-0.1, -0.05) is 36.4 Å². The molecule has 10 nitrogen and oxygen atoms in total. The molecule has 4 N–H and O–H groups in total. The fraction of sp³-hybridized carbons (Fsp3) is 0.259. The first kappa shape index (κ1) is 26.1. The van der Waals surface area contributed by atoms with Gasteiger partial charge in [-0.2, -0.15) is 0 Å². The number of hydrogen-bond donors (Lipinski definition) is 4. The van der Waals surface area contributed by atoms with Gasteiger partial charge in [0.25, 0.3) is 0 Å². The predicted molar refractivity (Wildman–Crippen MR) is 128 cm³/mol. The molecule has 0 aromatic heterocycles. The number of esters is 2. The highest BCUT2D eigenvalue weighted by atomic mass is 16.7. The maximum absolute atomic E-state index is 12.7. The number of ether oxygens (including phenoxy) is 4. The topological polar surface area (TPSA) is 152 Å². The van der Waals surface area contributed by atoms with E-state index in [-0.39, 0.29) is 28.2 Å². The lowest BCUT2D eigenvalue weighted by Crippen LogP contribution is -2.61. The first-order chi connectivity index (χ1) is 17.9. The summed E-state index contributed by atoms with van der Waals surface area (Å²) in [5.41, 5.74) is 0.676. The molecule has 3 aromatic carbocycles. The highest BCUT2D eigenvalue weighted by Crippen LogP contribution is 2.30. The Morgan fingerprint density at radius 3 is 2.08 bits per heavy atom. The van der Waals surface area contributed by atoms with E-state index in [9.17, 15) is 30.0 Å². The molecule has 0 aliphatic carbocycles. The van der Waals surface area contributed by atoms with Crippen LogP contribution in [0.1, 0.15) is 26.3 Å². The van der Waals surface area contributed by atoms with Crippen LogP contribution in [-0.2, 0) is 20.8 Å². The summed E-state index contributed by atoms with van der Waals surface area (Å²) in [6.45, 7) is -0.928. The molecule has 1 aliphatic rings. The van der Waals surface area contributed by atoms with Crippen molar-refractivity contribution in [3.05, 3.63) is 95.6 Å². The van der Waals surface area contributed by atoms with E-state index in [2.05, 4.69) is 0 Å². The van der Waals surface area contributed by atoms with Crippen molar-refractivity contribution in [2.75, 3.05) is 6.61 Å². The first-order valence-corrected chi connectivity index (χ1v) is 11.5. The van der Waals surface area contributed by atoms with E-state index < -0.39 is 55.9 Å². The average molecular weight is 510 g/mol. The highest BCUT2D eigenvalue weighted by molar-refractivity contribution is 5.89. The molecule has 3 aromatic rings. The second-order valence-corrected chi connectivity index (χ2v) is 8.29. The molecule has 1 saturated heterocycles. The molecule has 0 amide bonds. The Kier molecular flexibility index (Phi) is 8.36. The van der Waals surface area contributed by atoms with E-state index in [4.69, 9.17) is 18.9 Å². The van der Waals surface area contributed by atoms with Crippen LogP contribution in [0.4, 0.5) is 0 Å². The fourth-order valence-corrected chi connectivity index (χ4v) is 3.79. The van der Waals surface area contributed by atoms with Gasteiger partial charge in [-0.25, -0.2) is 9.59 Å².